The van der Waals surface area contributed by atoms with E-state index in [-0.39, 0.29) is 24.0 Å². The van der Waals surface area contributed by atoms with Gasteiger partial charge in [0.05, 0.1) is 24.9 Å². The number of thiophene rings is 1. The van der Waals surface area contributed by atoms with Crippen molar-refractivity contribution in [2.24, 2.45) is 11.8 Å². The molecule has 2 aromatic rings. The van der Waals surface area contributed by atoms with E-state index in [0.717, 1.165) is 29.7 Å². The van der Waals surface area contributed by atoms with Crippen LogP contribution in [0, 0.1) is 18.8 Å². The van der Waals surface area contributed by atoms with Crippen molar-refractivity contribution in [3.63, 3.8) is 0 Å². The summed E-state index contributed by atoms with van der Waals surface area (Å²) in [6.07, 6.45) is 1.75. The molecule has 5 nitrogen and oxygen atoms in total. The molecule has 150 valence electrons. The average Bonchev–Trinajstić information content (AvgIpc) is 3.27. The van der Waals surface area contributed by atoms with Gasteiger partial charge in [0.2, 0.25) is 0 Å². The fraction of sp³-hybridized carbons (Fsp3) is 0.476. The lowest BCUT2D eigenvalue weighted by Crippen LogP contribution is -2.33. The van der Waals surface area contributed by atoms with Crippen molar-refractivity contribution in [3.05, 3.63) is 50.7 Å². The fourth-order valence-corrected chi connectivity index (χ4v) is 5.24. The Bertz CT molecular complexity index is 866. The second-order valence-electron chi connectivity index (χ2n) is 7.64. The fourth-order valence-electron chi connectivity index (χ4n) is 4.34. The number of aliphatic hydroxyl groups excluding tert-OH is 1. The number of carbonyl (C=O) groups is 1. The standard InChI is InChI=1S/C21H23ClO5S/c1-11-6-13(2-4-16(11)22)26-9-15-14-3-5-18(27-19(14)8-17(15)23)12-7-20(21(24)25)28-10-12/h2,4,6-7,10,14-15,17-19,23H,3,5,8-9H2,1H3,(H,24,25)/t14-,15?,17-,18?,19+/m1/s1. The minimum Gasteiger partial charge on any atom is -0.493 e. The maximum atomic E-state index is 11.1. The summed E-state index contributed by atoms with van der Waals surface area (Å²) in [6.45, 7) is 2.38. The van der Waals surface area contributed by atoms with E-state index in [9.17, 15) is 9.90 Å². The SMILES string of the molecule is Cc1cc(OCC2[C@H](O)C[C@@H]3OC(c4csc(C(=O)O)c4)CC[C@H]23)ccc1Cl. The highest BCUT2D eigenvalue weighted by Crippen LogP contribution is 2.46. The molecule has 0 bridgehead atoms. The number of hydrogen-bond acceptors (Lipinski definition) is 5. The van der Waals surface area contributed by atoms with Crippen LogP contribution in [-0.2, 0) is 4.74 Å². The van der Waals surface area contributed by atoms with Crippen molar-refractivity contribution < 1.29 is 24.5 Å². The molecule has 1 aliphatic carbocycles. The molecule has 1 saturated heterocycles. The van der Waals surface area contributed by atoms with Gasteiger partial charge in [-0.25, -0.2) is 4.79 Å². The number of benzene rings is 1. The monoisotopic (exact) mass is 422 g/mol. The molecule has 28 heavy (non-hydrogen) atoms. The van der Waals surface area contributed by atoms with Crippen LogP contribution in [0.1, 0.15) is 46.2 Å². The second kappa shape index (κ2) is 8.03. The maximum Gasteiger partial charge on any atom is 0.345 e. The Morgan fingerprint density at radius 3 is 2.89 bits per heavy atom. The number of carboxylic acid groups (broad SMARTS) is 1. The number of hydrogen-bond donors (Lipinski definition) is 2. The van der Waals surface area contributed by atoms with Crippen molar-refractivity contribution in [1.29, 1.82) is 0 Å². The summed E-state index contributed by atoms with van der Waals surface area (Å²) in [5.74, 6) is 0.124. The number of fused-ring (bicyclic) bond motifs is 1. The van der Waals surface area contributed by atoms with Crippen molar-refractivity contribution in [2.45, 2.75) is 44.5 Å². The summed E-state index contributed by atoms with van der Waals surface area (Å²) in [7, 11) is 0. The van der Waals surface area contributed by atoms with Crippen LogP contribution in [0.2, 0.25) is 5.02 Å². The molecule has 0 spiro atoms. The number of halogens is 1. The molecule has 2 N–H and O–H groups in total. The average molecular weight is 423 g/mol. The van der Waals surface area contributed by atoms with Crippen LogP contribution >= 0.6 is 22.9 Å². The van der Waals surface area contributed by atoms with Gasteiger partial charge in [0.1, 0.15) is 10.6 Å². The molecule has 2 aliphatic rings. The van der Waals surface area contributed by atoms with Crippen LogP contribution in [0.25, 0.3) is 0 Å². The molecule has 2 unspecified atom stereocenters. The van der Waals surface area contributed by atoms with E-state index in [1.807, 2.05) is 30.5 Å². The summed E-state index contributed by atoms with van der Waals surface area (Å²) in [4.78, 5) is 11.4. The highest BCUT2D eigenvalue weighted by molar-refractivity contribution is 7.12. The van der Waals surface area contributed by atoms with Gasteiger partial charge in [-0.05, 0) is 66.5 Å². The molecule has 0 amide bonds. The van der Waals surface area contributed by atoms with E-state index in [1.54, 1.807) is 6.07 Å². The van der Waals surface area contributed by atoms with Gasteiger partial charge in [0, 0.05) is 17.4 Å². The molecule has 2 fully saturated rings. The Morgan fingerprint density at radius 1 is 1.36 bits per heavy atom. The third kappa shape index (κ3) is 3.92. The third-order valence-electron chi connectivity index (χ3n) is 5.87. The van der Waals surface area contributed by atoms with Gasteiger partial charge in [-0.15, -0.1) is 11.3 Å². The lowest BCUT2D eigenvalue weighted by atomic mass is 9.86. The quantitative estimate of drug-likeness (QED) is 0.730. The lowest BCUT2D eigenvalue weighted by molar-refractivity contribution is -0.0809. The minimum atomic E-state index is -0.907. The summed E-state index contributed by atoms with van der Waals surface area (Å²) in [6, 6.07) is 7.27. The first-order valence-corrected chi connectivity index (χ1v) is 10.7. The molecule has 7 heteroatoms. The number of rotatable bonds is 5. The number of aromatic carboxylic acids is 1. The number of carboxylic acids is 1. The molecule has 1 aliphatic heterocycles. The predicted octanol–water partition coefficient (Wildman–Crippen LogP) is 4.70. The second-order valence-corrected chi connectivity index (χ2v) is 8.96. The van der Waals surface area contributed by atoms with E-state index >= 15 is 0 Å². The number of aliphatic hydroxyl groups is 1. The Hall–Kier alpha value is -1.60. The van der Waals surface area contributed by atoms with E-state index in [1.165, 1.54) is 11.3 Å². The Morgan fingerprint density at radius 2 is 2.18 bits per heavy atom. The largest absolute Gasteiger partial charge is 0.493 e. The molecule has 1 aromatic carbocycles. The molecular formula is C21H23ClO5S. The van der Waals surface area contributed by atoms with Gasteiger partial charge in [0.15, 0.2) is 0 Å². The molecule has 4 rings (SSSR count). The van der Waals surface area contributed by atoms with E-state index in [0.29, 0.717) is 22.9 Å². The summed E-state index contributed by atoms with van der Waals surface area (Å²) >= 11 is 7.29. The normalized spacial score (nSPS) is 29.5. The summed E-state index contributed by atoms with van der Waals surface area (Å²) in [5.41, 5.74) is 1.89. The topological polar surface area (TPSA) is 76.0 Å². The van der Waals surface area contributed by atoms with E-state index < -0.39 is 12.1 Å². The zero-order valence-electron chi connectivity index (χ0n) is 15.5. The Balaban J connectivity index is 1.39. The molecule has 5 atom stereocenters. The zero-order chi connectivity index (χ0) is 19.8. The first-order chi connectivity index (χ1) is 13.4. The first-order valence-electron chi connectivity index (χ1n) is 9.46. The van der Waals surface area contributed by atoms with E-state index in [2.05, 4.69) is 0 Å². The number of aryl methyl sites for hydroxylation is 1. The Labute approximate surface area is 172 Å². The van der Waals surface area contributed by atoms with Crippen LogP contribution in [0.5, 0.6) is 5.75 Å². The van der Waals surface area contributed by atoms with Crippen molar-refractivity contribution in [2.75, 3.05) is 6.61 Å². The lowest BCUT2D eigenvalue weighted by Gasteiger charge is -2.34. The Kier molecular flexibility index (Phi) is 5.65. The summed E-state index contributed by atoms with van der Waals surface area (Å²) in [5, 5.41) is 22.3. The van der Waals surface area contributed by atoms with Crippen molar-refractivity contribution in [3.8, 4) is 5.75 Å². The van der Waals surface area contributed by atoms with Gasteiger partial charge in [0.25, 0.3) is 0 Å². The first kappa shape index (κ1) is 19.7. The van der Waals surface area contributed by atoms with Crippen LogP contribution < -0.4 is 4.74 Å². The van der Waals surface area contributed by atoms with Crippen LogP contribution in [0.4, 0.5) is 0 Å². The van der Waals surface area contributed by atoms with Gasteiger partial charge < -0.3 is 19.7 Å². The van der Waals surface area contributed by atoms with E-state index in [4.69, 9.17) is 26.2 Å². The smallest absolute Gasteiger partial charge is 0.345 e. The molecule has 1 saturated carbocycles. The number of ether oxygens (including phenoxy) is 2. The van der Waals surface area contributed by atoms with Gasteiger partial charge in [-0.2, -0.15) is 0 Å². The van der Waals surface area contributed by atoms with Crippen LogP contribution in [-0.4, -0.2) is 35.0 Å². The van der Waals surface area contributed by atoms with Gasteiger partial charge in [-0.1, -0.05) is 11.6 Å². The molecular weight excluding hydrogens is 400 g/mol. The predicted molar refractivity (Wildman–Crippen MR) is 107 cm³/mol. The molecule has 2 heterocycles. The molecule has 0 radical (unpaired) electrons. The van der Waals surface area contributed by atoms with Crippen LogP contribution in [0.15, 0.2) is 29.6 Å². The molecule has 1 aromatic heterocycles. The third-order valence-corrected chi connectivity index (χ3v) is 7.23. The highest BCUT2D eigenvalue weighted by Gasteiger charge is 2.47. The van der Waals surface area contributed by atoms with Gasteiger partial charge >= 0.3 is 5.97 Å². The zero-order valence-corrected chi connectivity index (χ0v) is 17.1. The maximum absolute atomic E-state index is 11.1. The van der Waals surface area contributed by atoms with Gasteiger partial charge in [-0.3, -0.25) is 0 Å². The van der Waals surface area contributed by atoms with Crippen molar-refractivity contribution >= 4 is 28.9 Å². The highest BCUT2D eigenvalue weighted by atomic mass is 35.5. The minimum absolute atomic E-state index is 0.0255. The summed E-state index contributed by atoms with van der Waals surface area (Å²) < 4.78 is 12.2. The van der Waals surface area contributed by atoms with Crippen LogP contribution in [0.3, 0.4) is 0 Å². The van der Waals surface area contributed by atoms with Crippen molar-refractivity contribution in [1.82, 2.24) is 0 Å².